The van der Waals surface area contributed by atoms with Crippen molar-refractivity contribution in [2.45, 2.75) is 39.2 Å². The van der Waals surface area contributed by atoms with Gasteiger partial charge in [0.2, 0.25) is 0 Å². The van der Waals surface area contributed by atoms with Gasteiger partial charge in [0.05, 0.1) is 12.0 Å². The minimum absolute atomic E-state index is 0.160. The standard InChI is InChI=1S/C23H24O5/c1-3-5-11-21(23(25)26-4-2)27-17-12-13-20-18(14-17)19(24)15-22(28-20)16-9-7-6-8-10-16/h6-10,12-15,21H,3-5,11H2,1-2H3/t21-/m1/s1. The minimum Gasteiger partial charge on any atom is -0.479 e. The second-order valence-electron chi connectivity index (χ2n) is 6.50. The van der Waals surface area contributed by atoms with Crippen LogP contribution < -0.4 is 10.2 Å². The van der Waals surface area contributed by atoms with Crippen molar-refractivity contribution < 1.29 is 18.7 Å². The highest BCUT2D eigenvalue weighted by atomic mass is 16.6. The van der Waals surface area contributed by atoms with E-state index in [1.807, 2.05) is 37.3 Å². The average molecular weight is 380 g/mol. The van der Waals surface area contributed by atoms with Crippen molar-refractivity contribution in [1.29, 1.82) is 0 Å². The van der Waals surface area contributed by atoms with E-state index in [0.717, 1.165) is 18.4 Å². The van der Waals surface area contributed by atoms with Gasteiger partial charge in [-0.05, 0) is 38.0 Å². The lowest BCUT2D eigenvalue weighted by atomic mass is 10.1. The van der Waals surface area contributed by atoms with Crippen LogP contribution in [0.25, 0.3) is 22.3 Å². The summed E-state index contributed by atoms with van der Waals surface area (Å²) in [5.41, 5.74) is 1.15. The smallest absolute Gasteiger partial charge is 0.347 e. The molecular weight excluding hydrogens is 356 g/mol. The number of hydrogen-bond acceptors (Lipinski definition) is 5. The van der Waals surface area contributed by atoms with Gasteiger partial charge in [0, 0.05) is 11.6 Å². The highest BCUT2D eigenvalue weighted by molar-refractivity contribution is 5.80. The quantitative estimate of drug-likeness (QED) is 0.517. The van der Waals surface area contributed by atoms with Crippen LogP contribution in [0.3, 0.4) is 0 Å². The summed E-state index contributed by atoms with van der Waals surface area (Å²) in [5, 5.41) is 0.412. The fourth-order valence-corrected chi connectivity index (χ4v) is 2.97. The minimum atomic E-state index is -0.687. The van der Waals surface area contributed by atoms with Crippen molar-refractivity contribution in [3.05, 3.63) is 64.8 Å². The first kappa shape index (κ1) is 19.7. The molecule has 1 heterocycles. The summed E-state index contributed by atoms with van der Waals surface area (Å²) in [6.45, 7) is 4.11. The van der Waals surface area contributed by atoms with Crippen LogP contribution in [0.4, 0.5) is 0 Å². The largest absolute Gasteiger partial charge is 0.479 e. The third-order valence-electron chi connectivity index (χ3n) is 4.40. The van der Waals surface area contributed by atoms with Gasteiger partial charge in [0.15, 0.2) is 11.5 Å². The van der Waals surface area contributed by atoms with Crippen molar-refractivity contribution in [3.63, 3.8) is 0 Å². The predicted molar refractivity (Wildman–Crippen MR) is 108 cm³/mol. The number of hydrogen-bond donors (Lipinski definition) is 0. The molecule has 0 amide bonds. The van der Waals surface area contributed by atoms with Gasteiger partial charge in [-0.15, -0.1) is 0 Å². The molecule has 0 bridgehead atoms. The molecule has 0 unspecified atom stereocenters. The zero-order chi connectivity index (χ0) is 19.9. The van der Waals surface area contributed by atoms with Crippen molar-refractivity contribution in [3.8, 4) is 17.1 Å². The Morgan fingerprint density at radius 3 is 2.57 bits per heavy atom. The third kappa shape index (κ3) is 4.60. The molecule has 1 atom stereocenters. The molecule has 5 heteroatoms. The Kier molecular flexibility index (Phi) is 6.48. The van der Waals surface area contributed by atoms with E-state index in [0.29, 0.717) is 35.5 Å². The van der Waals surface area contributed by atoms with Crippen molar-refractivity contribution in [1.82, 2.24) is 0 Å². The van der Waals surface area contributed by atoms with E-state index >= 15 is 0 Å². The van der Waals surface area contributed by atoms with Gasteiger partial charge in [-0.3, -0.25) is 4.79 Å². The maximum Gasteiger partial charge on any atom is 0.347 e. The Hall–Kier alpha value is -3.08. The number of esters is 1. The first-order valence-corrected chi connectivity index (χ1v) is 9.59. The van der Waals surface area contributed by atoms with Crippen molar-refractivity contribution >= 4 is 16.9 Å². The molecule has 0 radical (unpaired) electrons. The molecular formula is C23H24O5. The van der Waals surface area contributed by atoms with Gasteiger partial charge in [-0.2, -0.15) is 0 Å². The van der Waals surface area contributed by atoms with Crippen LogP contribution in [-0.4, -0.2) is 18.7 Å². The molecule has 3 rings (SSSR count). The number of carbonyl (C=O) groups is 1. The van der Waals surface area contributed by atoms with E-state index in [1.165, 1.54) is 6.07 Å². The molecule has 1 aromatic heterocycles. The van der Waals surface area contributed by atoms with Crippen LogP contribution >= 0.6 is 0 Å². The van der Waals surface area contributed by atoms with Gasteiger partial charge in [0.25, 0.3) is 0 Å². The highest BCUT2D eigenvalue weighted by Gasteiger charge is 2.21. The molecule has 0 saturated carbocycles. The van der Waals surface area contributed by atoms with Crippen LogP contribution in [0.1, 0.15) is 33.1 Å². The van der Waals surface area contributed by atoms with E-state index in [-0.39, 0.29) is 11.4 Å². The molecule has 0 aliphatic heterocycles. The summed E-state index contributed by atoms with van der Waals surface area (Å²) in [7, 11) is 0. The van der Waals surface area contributed by atoms with E-state index < -0.39 is 6.10 Å². The SMILES string of the molecule is CCCC[C@@H](Oc1ccc2oc(-c3ccccc3)cc(=O)c2c1)C(=O)OCC. The second kappa shape index (κ2) is 9.22. The highest BCUT2D eigenvalue weighted by Crippen LogP contribution is 2.25. The molecule has 5 nitrogen and oxygen atoms in total. The number of rotatable bonds is 8. The molecule has 0 N–H and O–H groups in total. The van der Waals surface area contributed by atoms with Gasteiger partial charge in [0.1, 0.15) is 17.1 Å². The predicted octanol–water partition coefficient (Wildman–Crippen LogP) is 4.96. The molecule has 28 heavy (non-hydrogen) atoms. The lowest BCUT2D eigenvalue weighted by molar-refractivity contribution is -0.151. The summed E-state index contributed by atoms with van der Waals surface area (Å²) >= 11 is 0. The van der Waals surface area contributed by atoms with Crippen LogP contribution in [-0.2, 0) is 9.53 Å². The second-order valence-corrected chi connectivity index (χ2v) is 6.50. The van der Waals surface area contributed by atoms with E-state index in [9.17, 15) is 9.59 Å². The molecule has 0 fully saturated rings. The summed E-state index contributed by atoms with van der Waals surface area (Å²) in [5.74, 6) is 0.572. The monoisotopic (exact) mass is 380 g/mol. The molecule has 0 aliphatic carbocycles. The normalized spacial score (nSPS) is 11.9. The average Bonchev–Trinajstić information content (AvgIpc) is 2.72. The molecule has 146 valence electrons. The first-order valence-electron chi connectivity index (χ1n) is 9.59. The number of carbonyl (C=O) groups excluding carboxylic acids is 1. The maximum absolute atomic E-state index is 12.6. The van der Waals surface area contributed by atoms with E-state index in [1.54, 1.807) is 25.1 Å². The zero-order valence-corrected chi connectivity index (χ0v) is 16.1. The van der Waals surface area contributed by atoms with Gasteiger partial charge in [-0.25, -0.2) is 4.79 Å². The Morgan fingerprint density at radius 2 is 1.86 bits per heavy atom. The molecule has 0 saturated heterocycles. The van der Waals surface area contributed by atoms with Gasteiger partial charge >= 0.3 is 5.97 Å². The van der Waals surface area contributed by atoms with Crippen molar-refractivity contribution in [2.24, 2.45) is 0 Å². The Balaban J connectivity index is 1.90. The van der Waals surface area contributed by atoms with Gasteiger partial charge in [-0.1, -0.05) is 43.7 Å². The Bertz CT molecular complexity index is 991. The first-order chi connectivity index (χ1) is 13.6. The van der Waals surface area contributed by atoms with Crippen LogP contribution in [0, 0.1) is 0 Å². The maximum atomic E-state index is 12.6. The van der Waals surface area contributed by atoms with Crippen LogP contribution in [0.15, 0.2) is 63.8 Å². The van der Waals surface area contributed by atoms with Crippen LogP contribution in [0.5, 0.6) is 5.75 Å². The fourth-order valence-electron chi connectivity index (χ4n) is 2.97. The van der Waals surface area contributed by atoms with Gasteiger partial charge < -0.3 is 13.9 Å². The fraction of sp³-hybridized carbons (Fsp3) is 0.304. The van der Waals surface area contributed by atoms with E-state index in [2.05, 4.69) is 0 Å². The Labute approximate surface area is 163 Å². The molecule has 2 aromatic carbocycles. The van der Waals surface area contributed by atoms with Crippen molar-refractivity contribution in [2.75, 3.05) is 6.61 Å². The lowest BCUT2D eigenvalue weighted by Crippen LogP contribution is -2.29. The number of fused-ring (bicyclic) bond motifs is 1. The molecule has 0 spiro atoms. The number of benzene rings is 2. The summed E-state index contributed by atoms with van der Waals surface area (Å²) in [6.07, 6.45) is 1.67. The van der Waals surface area contributed by atoms with E-state index in [4.69, 9.17) is 13.9 Å². The summed E-state index contributed by atoms with van der Waals surface area (Å²) in [4.78, 5) is 24.8. The third-order valence-corrected chi connectivity index (χ3v) is 4.40. The summed E-state index contributed by atoms with van der Waals surface area (Å²) in [6, 6.07) is 16.0. The number of unbranched alkanes of at least 4 members (excludes halogenated alkanes) is 1. The number of ether oxygens (including phenoxy) is 2. The molecule has 0 aliphatic rings. The zero-order valence-electron chi connectivity index (χ0n) is 16.1. The topological polar surface area (TPSA) is 65.7 Å². The lowest BCUT2D eigenvalue weighted by Gasteiger charge is -2.17. The summed E-state index contributed by atoms with van der Waals surface area (Å²) < 4.78 is 16.9. The Morgan fingerprint density at radius 1 is 1.07 bits per heavy atom. The van der Waals surface area contributed by atoms with Crippen LogP contribution in [0.2, 0.25) is 0 Å². The molecule has 3 aromatic rings.